The van der Waals surface area contributed by atoms with Crippen LogP contribution in [0.15, 0.2) is 47.5 Å². The van der Waals surface area contributed by atoms with Crippen LogP contribution in [0.4, 0.5) is 11.4 Å². The molecule has 2 aromatic rings. The van der Waals surface area contributed by atoms with Crippen molar-refractivity contribution in [1.82, 2.24) is 15.1 Å². The van der Waals surface area contributed by atoms with Gasteiger partial charge in [-0.25, -0.2) is 0 Å². The molecule has 2 heterocycles. The lowest BCUT2D eigenvalue weighted by Gasteiger charge is -2.38. The number of methoxy groups -OCH3 is 1. The zero-order valence-electron chi connectivity index (χ0n) is 19.9. The summed E-state index contributed by atoms with van der Waals surface area (Å²) in [5.41, 5.74) is 5.33. The summed E-state index contributed by atoms with van der Waals surface area (Å²) >= 11 is 0. The molecule has 2 N–H and O–H groups in total. The van der Waals surface area contributed by atoms with Crippen molar-refractivity contribution >= 4 is 23.3 Å². The van der Waals surface area contributed by atoms with E-state index in [1.807, 2.05) is 18.2 Å². The van der Waals surface area contributed by atoms with E-state index >= 15 is 0 Å². The van der Waals surface area contributed by atoms with Gasteiger partial charge in [0.15, 0.2) is 0 Å². The van der Waals surface area contributed by atoms with Crippen LogP contribution in [0.1, 0.15) is 29.2 Å². The molecule has 1 aliphatic carbocycles. The Balaban J connectivity index is 1.18. The second kappa shape index (κ2) is 10.1. The van der Waals surface area contributed by atoms with Crippen LogP contribution in [0.3, 0.4) is 0 Å². The van der Waals surface area contributed by atoms with E-state index in [4.69, 9.17) is 9.47 Å². The summed E-state index contributed by atoms with van der Waals surface area (Å²) in [5, 5.41) is 6.50. The molecule has 1 amide bonds. The fourth-order valence-electron chi connectivity index (χ4n) is 5.04. The number of piperazine rings is 1. The third kappa shape index (κ3) is 5.09. The molecule has 0 radical (unpaired) electrons. The fourth-order valence-corrected chi connectivity index (χ4v) is 5.04. The van der Waals surface area contributed by atoms with Gasteiger partial charge in [0.2, 0.25) is 5.91 Å². The third-order valence-corrected chi connectivity index (χ3v) is 6.97. The second-order valence-corrected chi connectivity index (χ2v) is 9.36. The van der Waals surface area contributed by atoms with Crippen molar-refractivity contribution < 1.29 is 14.3 Å². The molecule has 1 fully saturated rings. The van der Waals surface area contributed by atoms with Crippen molar-refractivity contribution in [2.45, 2.75) is 31.5 Å². The topological polar surface area (TPSA) is 78.4 Å². The van der Waals surface area contributed by atoms with Gasteiger partial charge in [-0.15, -0.1) is 0 Å². The number of amides is 1. The average molecular weight is 464 g/mol. The van der Waals surface area contributed by atoms with Gasteiger partial charge >= 0.3 is 0 Å². The number of rotatable bonds is 6. The van der Waals surface area contributed by atoms with Gasteiger partial charge in [-0.2, -0.15) is 4.99 Å². The zero-order valence-corrected chi connectivity index (χ0v) is 19.9. The molecule has 1 unspecified atom stereocenters. The molecule has 2 aliphatic heterocycles. The lowest BCUT2D eigenvalue weighted by molar-refractivity contribution is -0.118. The maximum Gasteiger partial charge on any atom is 0.290 e. The molecular weight excluding hydrogens is 430 g/mol. The van der Waals surface area contributed by atoms with Gasteiger partial charge in [0, 0.05) is 44.0 Å². The largest absolute Gasteiger partial charge is 0.460 e. The van der Waals surface area contributed by atoms with Crippen molar-refractivity contribution in [3.63, 3.8) is 0 Å². The number of nitrogens with one attached hydrogen (secondary N) is 2. The summed E-state index contributed by atoms with van der Waals surface area (Å²) in [5.74, 6) is -0.0110. The van der Waals surface area contributed by atoms with E-state index in [0.717, 1.165) is 49.4 Å². The lowest BCUT2D eigenvalue weighted by Crippen LogP contribution is -2.54. The predicted molar refractivity (Wildman–Crippen MR) is 132 cm³/mol. The Labute approximate surface area is 200 Å². The quantitative estimate of drug-likeness (QED) is 0.686. The van der Waals surface area contributed by atoms with Crippen molar-refractivity contribution in [2.75, 3.05) is 52.3 Å². The highest BCUT2D eigenvalue weighted by molar-refractivity contribution is 5.92. The standard InChI is InChI=1S/C26H33N5O3/c1-30-11-12-31(14-21(30)17-33-2)15-25(32)27-20-8-10-23-19(13-20)16-34-26(28-23)29-24-9-7-18-5-3-4-6-22(18)24/h3-6,8,10,13,21,24H,7,9,11-12,14-17H2,1-2H3,(H,27,32)(H,28,29)/t21?,24-/m1/s1. The molecule has 0 saturated carbocycles. The first kappa shape index (κ1) is 22.8. The van der Waals surface area contributed by atoms with Crippen LogP contribution < -0.4 is 10.6 Å². The summed E-state index contributed by atoms with van der Waals surface area (Å²) in [6.07, 6.45) is 2.11. The number of fused-ring (bicyclic) bond motifs is 2. The molecule has 34 heavy (non-hydrogen) atoms. The number of aryl methyl sites for hydroxylation is 1. The molecule has 2 aromatic carbocycles. The molecule has 2 atom stereocenters. The number of carbonyl (C=O) groups is 1. The highest BCUT2D eigenvalue weighted by Gasteiger charge is 2.26. The van der Waals surface area contributed by atoms with Crippen LogP contribution in [0.25, 0.3) is 0 Å². The molecule has 8 heteroatoms. The van der Waals surface area contributed by atoms with E-state index in [2.05, 4.69) is 56.7 Å². The fraction of sp³-hybridized carbons (Fsp3) is 0.462. The van der Waals surface area contributed by atoms with E-state index in [-0.39, 0.29) is 11.9 Å². The predicted octanol–water partition coefficient (Wildman–Crippen LogP) is 2.68. The smallest absolute Gasteiger partial charge is 0.290 e. The van der Waals surface area contributed by atoms with Gasteiger partial charge in [0.1, 0.15) is 6.61 Å². The zero-order chi connectivity index (χ0) is 23.5. The Bertz CT molecular complexity index is 1070. The molecule has 180 valence electrons. The SMILES string of the molecule is COCC1CN(CC(=O)Nc2ccc3c(c2)COC(N[C@@H]2CCc4ccccc42)=N3)CCN1C. The molecule has 0 aromatic heterocycles. The van der Waals surface area contributed by atoms with Gasteiger partial charge in [-0.1, -0.05) is 24.3 Å². The van der Waals surface area contributed by atoms with Crippen molar-refractivity contribution in [3.05, 3.63) is 59.2 Å². The number of nitrogens with zero attached hydrogens (tertiary/aromatic N) is 3. The normalized spacial score (nSPS) is 22.4. The number of ether oxygens (including phenoxy) is 2. The first-order valence-corrected chi connectivity index (χ1v) is 12.0. The maximum atomic E-state index is 12.7. The minimum atomic E-state index is -0.0110. The van der Waals surface area contributed by atoms with E-state index in [1.165, 1.54) is 11.1 Å². The Hall–Kier alpha value is -2.94. The molecule has 8 nitrogen and oxygen atoms in total. The minimum Gasteiger partial charge on any atom is -0.460 e. The molecule has 3 aliphatic rings. The first-order valence-electron chi connectivity index (χ1n) is 12.0. The van der Waals surface area contributed by atoms with Gasteiger partial charge in [0.05, 0.1) is 24.9 Å². The third-order valence-electron chi connectivity index (χ3n) is 6.97. The molecular formula is C26H33N5O3. The Morgan fingerprint density at radius 1 is 1.21 bits per heavy atom. The highest BCUT2D eigenvalue weighted by atomic mass is 16.5. The summed E-state index contributed by atoms with van der Waals surface area (Å²) in [6.45, 7) is 4.10. The Morgan fingerprint density at radius 2 is 2.09 bits per heavy atom. The second-order valence-electron chi connectivity index (χ2n) is 9.36. The molecule has 5 rings (SSSR count). The molecule has 0 bridgehead atoms. The monoisotopic (exact) mass is 463 g/mol. The van der Waals surface area contributed by atoms with E-state index in [0.29, 0.717) is 31.8 Å². The first-order chi connectivity index (χ1) is 16.6. The van der Waals surface area contributed by atoms with Crippen LogP contribution in [0, 0.1) is 0 Å². The van der Waals surface area contributed by atoms with Crippen LogP contribution >= 0.6 is 0 Å². The van der Waals surface area contributed by atoms with Gasteiger partial charge in [-0.05, 0) is 49.2 Å². The number of benzene rings is 2. The van der Waals surface area contributed by atoms with Crippen LogP contribution in [0.5, 0.6) is 0 Å². The number of amidine groups is 1. The minimum absolute atomic E-state index is 0.0110. The molecule has 1 saturated heterocycles. The van der Waals surface area contributed by atoms with E-state index in [1.54, 1.807) is 7.11 Å². The number of likely N-dealkylation sites (N-methyl/N-ethyl adjacent to an activating group) is 1. The molecule has 0 spiro atoms. The number of hydrogen-bond donors (Lipinski definition) is 2. The van der Waals surface area contributed by atoms with E-state index in [9.17, 15) is 4.79 Å². The van der Waals surface area contributed by atoms with Gasteiger partial charge in [-0.3, -0.25) is 14.6 Å². The van der Waals surface area contributed by atoms with Crippen molar-refractivity contribution in [3.8, 4) is 0 Å². The van der Waals surface area contributed by atoms with Crippen LogP contribution in [-0.4, -0.2) is 74.7 Å². The van der Waals surface area contributed by atoms with Crippen molar-refractivity contribution in [2.24, 2.45) is 4.99 Å². The summed E-state index contributed by atoms with van der Waals surface area (Å²) in [7, 11) is 3.82. The number of aliphatic imine (C=N–C) groups is 1. The number of hydrogen-bond acceptors (Lipinski definition) is 7. The maximum absolute atomic E-state index is 12.7. The number of anilines is 1. The highest BCUT2D eigenvalue weighted by Crippen LogP contribution is 2.32. The lowest BCUT2D eigenvalue weighted by atomic mass is 10.1. The van der Waals surface area contributed by atoms with Gasteiger partial charge in [0.25, 0.3) is 6.02 Å². The summed E-state index contributed by atoms with van der Waals surface area (Å²) in [6, 6.07) is 15.4. The van der Waals surface area contributed by atoms with E-state index < -0.39 is 0 Å². The van der Waals surface area contributed by atoms with Gasteiger partial charge < -0.3 is 20.1 Å². The summed E-state index contributed by atoms with van der Waals surface area (Å²) in [4.78, 5) is 21.8. The Kier molecular flexibility index (Phi) is 6.80. The van der Waals surface area contributed by atoms with Crippen LogP contribution in [0.2, 0.25) is 0 Å². The Morgan fingerprint density at radius 3 is 2.97 bits per heavy atom. The van der Waals surface area contributed by atoms with Crippen LogP contribution in [-0.2, 0) is 27.3 Å². The average Bonchev–Trinajstić information content (AvgIpc) is 3.24. The van der Waals surface area contributed by atoms with Crippen molar-refractivity contribution in [1.29, 1.82) is 0 Å². The number of carbonyl (C=O) groups excluding carboxylic acids is 1. The summed E-state index contributed by atoms with van der Waals surface area (Å²) < 4.78 is 11.2.